The molecule has 1 fully saturated rings. The van der Waals surface area contributed by atoms with Gasteiger partial charge in [-0.3, -0.25) is 0 Å². The molecule has 15 heavy (non-hydrogen) atoms. The molecule has 0 spiro atoms. The van der Waals surface area contributed by atoms with Crippen molar-refractivity contribution < 1.29 is 23.9 Å². The topological polar surface area (TPSA) is 0 Å². The summed E-state index contributed by atoms with van der Waals surface area (Å²) in [6.07, 6.45) is 4.32. The number of rotatable bonds is 3. The predicted molar refractivity (Wildman–Crippen MR) is 62.0 cm³/mol. The third-order valence-corrected chi connectivity index (χ3v) is 5.91. The molecule has 0 saturated heterocycles. The third-order valence-electron chi connectivity index (χ3n) is 3.40. The molecule has 2 rings (SSSR count). The van der Waals surface area contributed by atoms with Gasteiger partial charge in [0.1, 0.15) is 0 Å². The first-order valence-electron chi connectivity index (χ1n) is 5.87. The van der Waals surface area contributed by atoms with Crippen LogP contribution in [-0.2, 0) is 23.9 Å². The molecule has 0 radical (unpaired) electrons. The monoisotopic (exact) mass is 366 g/mol. The number of hydrogen-bond donors (Lipinski definition) is 0. The van der Waals surface area contributed by atoms with Gasteiger partial charge in [-0.05, 0) is 0 Å². The van der Waals surface area contributed by atoms with E-state index >= 15 is 0 Å². The first-order valence-corrected chi connectivity index (χ1v) is 7.67. The van der Waals surface area contributed by atoms with Crippen molar-refractivity contribution in [1.82, 2.24) is 0 Å². The van der Waals surface area contributed by atoms with Crippen molar-refractivity contribution in [1.29, 1.82) is 0 Å². The van der Waals surface area contributed by atoms with Crippen molar-refractivity contribution in [2.45, 2.75) is 39.0 Å². The summed E-state index contributed by atoms with van der Waals surface area (Å²) in [6.45, 7) is 4.51. The van der Waals surface area contributed by atoms with E-state index in [1.807, 2.05) is 0 Å². The molecule has 0 unspecified atom stereocenters. The average Bonchev–Trinajstić information content (AvgIpc) is 2.15. The van der Waals surface area contributed by atoms with E-state index in [1.54, 1.807) is 3.26 Å². The Hall–Kier alpha value is -0.0399. The predicted octanol–water partition coefficient (Wildman–Crippen LogP) is 3.68. The molecule has 0 aromatic heterocycles. The molecule has 0 bridgehead atoms. The Balaban J connectivity index is 2.12. The fourth-order valence-electron chi connectivity index (χ4n) is 1.98. The zero-order chi connectivity index (χ0) is 10.8. The molecule has 1 aromatic rings. The van der Waals surface area contributed by atoms with E-state index in [4.69, 9.17) is 0 Å². The van der Waals surface area contributed by atoms with Crippen molar-refractivity contribution in [2.24, 2.45) is 5.92 Å². The summed E-state index contributed by atoms with van der Waals surface area (Å²) in [7, 11) is 0. The van der Waals surface area contributed by atoms with Gasteiger partial charge in [0, 0.05) is 0 Å². The molecule has 1 saturated carbocycles. The van der Waals surface area contributed by atoms with Gasteiger partial charge < -0.3 is 0 Å². The molecule has 1 heteroatoms. The fraction of sp³-hybridized carbons (Fsp3) is 0.500. The summed E-state index contributed by atoms with van der Waals surface area (Å²) >= 11 is 1.23. The molecule has 1 aromatic carbocycles. The summed E-state index contributed by atoms with van der Waals surface area (Å²) < 4.78 is 1.73. The average molecular weight is 365 g/mol. The first-order chi connectivity index (χ1) is 7.18. The van der Waals surface area contributed by atoms with Gasteiger partial charge in [-0.15, -0.1) is 0 Å². The Morgan fingerprint density at radius 2 is 1.80 bits per heavy atom. The van der Waals surface area contributed by atoms with Gasteiger partial charge in [-0.2, -0.15) is 0 Å². The molecular weight excluding hydrogens is 347 g/mol. The second kappa shape index (κ2) is 4.86. The van der Waals surface area contributed by atoms with E-state index in [2.05, 4.69) is 38.1 Å². The molecule has 0 aliphatic heterocycles. The van der Waals surface area contributed by atoms with Crippen LogP contribution in [0.3, 0.4) is 0 Å². The van der Waals surface area contributed by atoms with E-state index in [-0.39, 0.29) is 0 Å². The third kappa shape index (κ3) is 2.55. The molecule has 0 atom stereocenters. The zero-order valence-corrected chi connectivity index (χ0v) is 13.2. The molecule has 0 heterocycles. The summed E-state index contributed by atoms with van der Waals surface area (Å²) in [6, 6.07) is 9.26. The van der Waals surface area contributed by atoms with Crippen molar-refractivity contribution in [3.8, 4) is 0 Å². The normalized spacial score (nSPS) is 16.6. The molecule has 1 aliphatic carbocycles. The van der Waals surface area contributed by atoms with E-state index in [1.165, 1.54) is 54.3 Å². The van der Waals surface area contributed by atoms with Crippen LogP contribution in [0.1, 0.15) is 50.2 Å². The summed E-state index contributed by atoms with van der Waals surface area (Å²) in [4.78, 5) is 0. The summed E-state index contributed by atoms with van der Waals surface area (Å²) in [5.41, 5.74) is 2.97. The van der Waals surface area contributed by atoms with Gasteiger partial charge in [0.15, 0.2) is 0 Å². The van der Waals surface area contributed by atoms with Crippen LogP contribution in [0.25, 0.3) is 0 Å². The molecule has 1 aliphatic rings. The Morgan fingerprint density at radius 1 is 1.20 bits per heavy atom. The van der Waals surface area contributed by atoms with Crippen molar-refractivity contribution in [3.05, 3.63) is 35.4 Å². The Morgan fingerprint density at radius 3 is 2.20 bits per heavy atom. The maximum atomic E-state index is 2.33. The molecular formula is C14H18Hf+2. The van der Waals surface area contributed by atoms with Crippen LogP contribution < -0.4 is 0 Å². The number of benzene rings is 1. The molecule has 0 N–H and O–H groups in total. The summed E-state index contributed by atoms with van der Waals surface area (Å²) in [5, 5.41) is 0. The van der Waals surface area contributed by atoms with E-state index in [0.29, 0.717) is 5.92 Å². The second-order valence-electron chi connectivity index (χ2n) is 4.82. The van der Waals surface area contributed by atoms with Gasteiger partial charge in [-0.1, -0.05) is 0 Å². The van der Waals surface area contributed by atoms with Gasteiger partial charge >= 0.3 is 107 Å². The maximum absolute atomic E-state index is 2.33. The van der Waals surface area contributed by atoms with Crippen LogP contribution in [0.2, 0.25) is 0 Å². The zero-order valence-electron chi connectivity index (χ0n) is 9.59. The molecule has 0 amide bonds. The van der Waals surface area contributed by atoms with Crippen LogP contribution >= 0.6 is 0 Å². The van der Waals surface area contributed by atoms with Crippen LogP contribution in [0.4, 0.5) is 0 Å². The number of hydrogen-bond acceptors (Lipinski definition) is 0. The first kappa shape index (κ1) is 11.4. The van der Waals surface area contributed by atoms with E-state index in [9.17, 15) is 0 Å². The fourth-order valence-corrected chi connectivity index (χ4v) is 3.62. The SMILES string of the molecule is CC(C)c1ccc([C](=[Hf+2])C2CCC2)cc1. The Kier molecular flexibility index (Phi) is 3.71. The standard InChI is InChI=1S/C14H18.Hf/c1-11(2)14-8-6-13(7-9-14)10-12-4-3-5-12;/h6-9,11-12H,3-5H2,1-2H3;/q;+2. The van der Waals surface area contributed by atoms with Crippen molar-refractivity contribution in [3.63, 3.8) is 0 Å². The minimum absolute atomic E-state index is 0.653. The van der Waals surface area contributed by atoms with Crippen LogP contribution in [0.5, 0.6) is 0 Å². The summed E-state index contributed by atoms with van der Waals surface area (Å²) in [5.74, 6) is 1.59. The van der Waals surface area contributed by atoms with Crippen LogP contribution in [0, 0.1) is 5.92 Å². The van der Waals surface area contributed by atoms with E-state index < -0.39 is 0 Å². The second-order valence-corrected chi connectivity index (χ2v) is 6.75. The van der Waals surface area contributed by atoms with Gasteiger partial charge in [0.05, 0.1) is 0 Å². The minimum atomic E-state index is 0.653. The Labute approximate surface area is 107 Å². The quantitative estimate of drug-likeness (QED) is 0.718. The van der Waals surface area contributed by atoms with Crippen LogP contribution in [-0.4, -0.2) is 3.26 Å². The van der Waals surface area contributed by atoms with Gasteiger partial charge in [0.2, 0.25) is 0 Å². The Bertz CT molecular complexity index is 344. The molecule has 0 nitrogen and oxygen atoms in total. The van der Waals surface area contributed by atoms with Gasteiger partial charge in [-0.25, -0.2) is 0 Å². The van der Waals surface area contributed by atoms with E-state index in [0.717, 1.165) is 5.92 Å². The molecule has 76 valence electrons. The van der Waals surface area contributed by atoms with Crippen LogP contribution in [0.15, 0.2) is 24.3 Å². The van der Waals surface area contributed by atoms with Crippen molar-refractivity contribution >= 4 is 3.26 Å². The van der Waals surface area contributed by atoms with Gasteiger partial charge in [0.25, 0.3) is 0 Å². The van der Waals surface area contributed by atoms with Crippen molar-refractivity contribution in [2.75, 3.05) is 0 Å².